The van der Waals surface area contributed by atoms with Gasteiger partial charge in [0.05, 0.1) is 23.6 Å². The first-order valence-corrected chi connectivity index (χ1v) is 15.4. The minimum atomic E-state index is -4.66. The van der Waals surface area contributed by atoms with Gasteiger partial charge in [0.1, 0.15) is 12.4 Å². The topological polar surface area (TPSA) is 139 Å². The number of aliphatic carboxylic acids is 1. The van der Waals surface area contributed by atoms with Crippen LogP contribution in [0.25, 0.3) is 22.6 Å². The second kappa shape index (κ2) is 14.8. The third-order valence-electron chi connectivity index (χ3n) is 7.48. The predicted octanol–water partition coefficient (Wildman–Crippen LogP) is 7.69. The molecule has 0 fully saturated rings. The second-order valence-electron chi connectivity index (χ2n) is 12.3. The zero-order valence-electron chi connectivity index (χ0n) is 27.2. The summed E-state index contributed by atoms with van der Waals surface area (Å²) < 4.78 is 65.7. The van der Waals surface area contributed by atoms with E-state index in [0.717, 1.165) is 12.1 Å². The highest BCUT2D eigenvalue weighted by molar-refractivity contribution is 5.94. The number of rotatable bonds is 12. The van der Waals surface area contributed by atoms with Crippen LogP contribution in [0, 0.1) is 5.82 Å². The van der Waals surface area contributed by atoms with Crippen LogP contribution in [-0.2, 0) is 16.4 Å². The molecule has 10 nitrogen and oxygen atoms in total. The summed E-state index contributed by atoms with van der Waals surface area (Å²) in [6, 6.07) is 18.4. The Hall–Kier alpha value is -5.79. The van der Waals surface area contributed by atoms with Gasteiger partial charge >= 0.3 is 12.1 Å². The lowest BCUT2D eigenvalue weighted by atomic mass is 9.97. The highest BCUT2D eigenvalue weighted by Crippen LogP contribution is 2.34. The first-order valence-electron chi connectivity index (χ1n) is 15.4. The number of alkyl halides is 3. The van der Waals surface area contributed by atoms with Crippen molar-refractivity contribution < 1.29 is 41.4 Å². The highest BCUT2D eigenvalue weighted by atomic mass is 19.4. The van der Waals surface area contributed by atoms with Crippen molar-refractivity contribution in [2.45, 2.75) is 44.8 Å². The molecule has 5 aromatic rings. The minimum Gasteiger partial charge on any atom is -0.481 e. The lowest BCUT2D eigenvalue weighted by Gasteiger charge is -2.21. The Bertz CT molecular complexity index is 1940. The van der Waals surface area contributed by atoms with E-state index < -0.39 is 35.5 Å². The number of anilines is 1. The van der Waals surface area contributed by atoms with E-state index in [9.17, 15) is 27.2 Å². The number of amides is 1. The molecule has 0 saturated carbocycles. The summed E-state index contributed by atoms with van der Waals surface area (Å²) in [6.45, 7) is 5.93. The number of pyridine rings is 1. The van der Waals surface area contributed by atoms with Crippen LogP contribution in [0.5, 0.6) is 5.88 Å². The van der Waals surface area contributed by atoms with Crippen LogP contribution in [0.4, 0.5) is 23.2 Å². The molecule has 14 heteroatoms. The van der Waals surface area contributed by atoms with Crippen molar-refractivity contribution in [1.29, 1.82) is 0 Å². The predicted molar refractivity (Wildman–Crippen MR) is 176 cm³/mol. The lowest BCUT2D eigenvalue weighted by Crippen LogP contribution is -2.26. The van der Waals surface area contributed by atoms with Gasteiger partial charge in [0.2, 0.25) is 17.7 Å². The third-order valence-corrected chi connectivity index (χ3v) is 7.48. The Morgan fingerprint density at radius 1 is 0.920 bits per heavy atom. The number of carboxylic acid groups (broad SMARTS) is 1. The Morgan fingerprint density at radius 3 is 2.20 bits per heavy atom. The number of aromatic nitrogens is 3. The summed E-state index contributed by atoms with van der Waals surface area (Å²) in [5, 5.41) is 22.9. The number of carbonyl (C=O) groups is 2. The second-order valence-corrected chi connectivity index (χ2v) is 12.3. The molecule has 1 amide bonds. The molecule has 0 radical (unpaired) electrons. The summed E-state index contributed by atoms with van der Waals surface area (Å²) in [5.41, 5.74) is 1.26. The van der Waals surface area contributed by atoms with Crippen LogP contribution in [0.1, 0.15) is 60.6 Å². The van der Waals surface area contributed by atoms with Crippen molar-refractivity contribution >= 4 is 17.6 Å². The molecule has 50 heavy (non-hydrogen) atoms. The van der Waals surface area contributed by atoms with Gasteiger partial charge in [-0.05, 0) is 53.6 Å². The standard InChI is InChI=1S/C36H33F4N5O5/c1-35(2,3)34-45-44-33(50-34)24-10-15-30(42-19-24)49-20-29(43-26-12-8-23(9-13-26)32(48)41-17-16-31(46)47)22-6-4-21(5-7-22)27-14-11-25(18-28(27)37)36(38,39)40/h4-15,18-19,29,43H,16-17,20H2,1-3H3,(H,41,48)(H,46,47). The van der Waals surface area contributed by atoms with Crippen LogP contribution >= 0.6 is 0 Å². The lowest BCUT2D eigenvalue weighted by molar-refractivity contribution is -0.138. The average molecular weight is 692 g/mol. The van der Waals surface area contributed by atoms with E-state index in [1.807, 2.05) is 20.8 Å². The van der Waals surface area contributed by atoms with Crippen LogP contribution in [0.2, 0.25) is 0 Å². The maximum absolute atomic E-state index is 14.7. The molecule has 260 valence electrons. The molecule has 5 rings (SSSR count). The van der Waals surface area contributed by atoms with Gasteiger partial charge in [-0.25, -0.2) is 9.37 Å². The molecular formula is C36H33F4N5O5. The van der Waals surface area contributed by atoms with Gasteiger partial charge in [-0.1, -0.05) is 51.1 Å². The third kappa shape index (κ3) is 9.01. The summed E-state index contributed by atoms with van der Waals surface area (Å²) >= 11 is 0. The van der Waals surface area contributed by atoms with E-state index in [1.54, 1.807) is 66.9 Å². The van der Waals surface area contributed by atoms with Crippen molar-refractivity contribution in [2.24, 2.45) is 0 Å². The Balaban J connectivity index is 1.34. The number of halogens is 4. The Kier molecular flexibility index (Phi) is 10.5. The van der Waals surface area contributed by atoms with Crippen LogP contribution < -0.4 is 15.4 Å². The zero-order valence-corrected chi connectivity index (χ0v) is 27.2. The average Bonchev–Trinajstić information content (AvgIpc) is 3.58. The first kappa shape index (κ1) is 35.5. The van der Waals surface area contributed by atoms with Gasteiger partial charge in [0, 0.05) is 41.0 Å². The molecule has 3 aromatic carbocycles. The van der Waals surface area contributed by atoms with Crippen molar-refractivity contribution in [3.63, 3.8) is 0 Å². The molecule has 1 atom stereocenters. The molecule has 1 unspecified atom stereocenters. The molecule has 0 aliphatic carbocycles. The van der Waals surface area contributed by atoms with Crippen molar-refractivity contribution in [1.82, 2.24) is 20.5 Å². The molecule has 2 aromatic heterocycles. The molecule has 0 saturated heterocycles. The van der Waals surface area contributed by atoms with E-state index in [4.69, 9.17) is 14.3 Å². The molecule has 2 heterocycles. The zero-order chi connectivity index (χ0) is 36.1. The maximum Gasteiger partial charge on any atom is 0.416 e. The fourth-order valence-electron chi connectivity index (χ4n) is 4.75. The summed E-state index contributed by atoms with van der Waals surface area (Å²) in [5.74, 6) is -1.34. The van der Waals surface area contributed by atoms with Crippen molar-refractivity contribution in [3.8, 4) is 28.5 Å². The van der Waals surface area contributed by atoms with Gasteiger partial charge in [-0.3, -0.25) is 9.59 Å². The first-order chi connectivity index (χ1) is 23.7. The normalized spacial score (nSPS) is 12.3. The number of carboxylic acids is 1. The maximum atomic E-state index is 14.7. The van der Waals surface area contributed by atoms with Crippen LogP contribution in [0.15, 0.2) is 89.5 Å². The molecule has 3 N–H and O–H groups in total. The van der Waals surface area contributed by atoms with E-state index in [2.05, 4.69) is 25.8 Å². The number of nitrogens with one attached hydrogen (secondary N) is 2. The van der Waals surface area contributed by atoms with Gasteiger partial charge < -0.3 is 24.9 Å². The van der Waals surface area contributed by atoms with Gasteiger partial charge in [-0.15, -0.1) is 10.2 Å². The number of carbonyl (C=O) groups excluding carboxylic acids is 1. The fraction of sp³-hybridized carbons (Fsp3) is 0.250. The van der Waals surface area contributed by atoms with Crippen molar-refractivity contribution in [2.75, 3.05) is 18.5 Å². The Morgan fingerprint density at radius 2 is 1.62 bits per heavy atom. The number of hydrogen-bond donors (Lipinski definition) is 3. The molecule has 0 aliphatic heterocycles. The summed E-state index contributed by atoms with van der Waals surface area (Å²) in [6.07, 6.45) is -3.32. The monoisotopic (exact) mass is 691 g/mol. The summed E-state index contributed by atoms with van der Waals surface area (Å²) in [7, 11) is 0. The van der Waals surface area contributed by atoms with Crippen molar-refractivity contribution in [3.05, 3.63) is 113 Å². The van der Waals surface area contributed by atoms with Gasteiger partial charge in [0.25, 0.3) is 5.91 Å². The van der Waals surface area contributed by atoms with Gasteiger partial charge in [-0.2, -0.15) is 13.2 Å². The minimum absolute atomic E-state index is 0.0121. The van der Waals surface area contributed by atoms with E-state index >= 15 is 0 Å². The van der Waals surface area contributed by atoms with E-state index in [1.165, 1.54) is 0 Å². The quantitative estimate of drug-likeness (QED) is 0.112. The molecular weight excluding hydrogens is 658 g/mol. The molecule has 0 bridgehead atoms. The van der Waals surface area contributed by atoms with Gasteiger partial charge in [0.15, 0.2) is 0 Å². The summed E-state index contributed by atoms with van der Waals surface area (Å²) in [4.78, 5) is 27.5. The number of benzene rings is 3. The number of ether oxygens (including phenoxy) is 1. The highest BCUT2D eigenvalue weighted by Gasteiger charge is 2.31. The molecule has 0 spiro atoms. The van der Waals surface area contributed by atoms with E-state index in [0.29, 0.717) is 51.7 Å². The van der Waals surface area contributed by atoms with Crippen LogP contribution in [-0.4, -0.2) is 45.3 Å². The fourth-order valence-corrected chi connectivity index (χ4v) is 4.75. The van der Waals surface area contributed by atoms with E-state index in [-0.39, 0.29) is 30.6 Å². The molecule has 0 aliphatic rings. The largest absolute Gasteiger partial charge is 0.481 e. The smallest absolute Gasteiger partial charge is 0.416 e. The SMILES string of the molecule is CC(C)(C)c1nnc(-c2ccc(OCC(Nc3ccc(C(=O)NCCC(=O)O)cc3)c3ccc(-c4ccc(C(F)(F)F)cc4F)cc3)nc2)o1. The number of nitrogens with zero attached hydrogens (tertiary/aromatic N) is 3. The van der Waals surface area contributed by atoms with Crippen LogP contribution in [0.3, 0.4) is 0 Å². The Labute approximate surface area is 284 Å². The number of hydrogen-bond acceptors (Lipinski definition) is 8.